The molecule has 1 aliphatic carbocycles. The van der Waals surface area contributed by atoms with Gasteiger partial charge in [0, 0.05) is 0 Å². The van der Waals surface area contributed by atoms with Gasteiger partial charge in [0.25, 0.3) is 0 Å². The zero-order valence-electron chi connectivity index (χ0n) is 29.8. The van der Waals surface area contributed by atoms with Crippen LogP contribution in [0.4, 0.5) is 17.1 Å². The normalized spacial score (nSPS) is 14.5. The number of rotatable bonds is 4. The average Bonchev–Trinajstić information content (AvgIpc) is 3.77. The Bertz CT molecular complexity index is 2710. The van der Waals surface area contributed by atoms with E-state index in [4.69, 9.17) is 0 Å². The van der Waals surface area contributed by atoms with Crippen LogP contribution in [0.15, 0.2) is 188 Å². The molecule has 2 aliphatic heterocycles. The van der Waals surface area contributed by atoms with Crippen LogP contribution in [0.3, 0.4) is 0 Å². The summed E-state index contributed by atoms with van der Waals surface area (Å²) in [7, 11) is 0. The minimum atomic E-state index is -3.39. The first-order valence-electron chi connectivity index (χ1n) is 18.7. The predicted octanol–water partition coefficient (Wildman–Crippen LogP) is 10.5. The molecule has 0 amide bonds. The van der Waals surface area contributed by atoms with Crippen LogP contribution < -0.4 is 22.5 Å². The van der Waals surface area contributed by atoms with E-state index in [1.54, 1.807) is 13.2 Å². The third-order valence-electron chi connectivity index (χ3n) is 12.3. The molecule has 1 nitrogen and oxygen atoms in total. The number of nitrogens with zero attached hydrogens (tertiary/aromatic N) is 1. The summed E-state index contributed by atoms with van der Waals surface area (Å²) in [4.78, 5) is 2.54. The fourth-order valence-electron chi connectivity index (χ4n) is 10.0. The molecule has 8 aromatic carbocycles. The van der Waals surface area contributed by atoms with Gasteiger partial charge in [-0.25, -0.2) is 0 Å². The summed E-state index contributed by atoms with van der Waals surface area (Å²) in [6, 6.07) is 71.1. The second kappa shape index (κ2) is 11.3. The van der Waals surface area contributed by atoms with E-state index in [1.165, 1.54) is 77.1 Å². The van der Waals surface area contributed by atoms with Crippen LogP contribution in [0.2, 0.25) is 0 Å². The number of fused-ring (bicyclic) bond motifs is 13. The summed E-state index contributed by atoms with van der Waals surface area (Å²) >= 11 is -3.39. The maximum atomic E-state index is 2.59. The molecule has 1 spiro atoms. The number of para-hydroxylation sites is 1. The number of benzene rings is 8. The van der Waals surface area contributed by atoms with Gasteiger partial charge in [0.2, 0.25) is 0 Å². The average molecular weight is 736 g/mol. The fourth-order valence-corrected chi connectivity index (χ4v) is 21.8. The molecule has 2 heterocycles. The van der Waals surface area contributed by atoms with Crippen molar-refractivity contribution in [1.29, 1.82) is 0 Å². The molecule has 0 saturated carbocycles. The minimum absolute atomic E-state index is 0.108. The zero-order valence-corrected chi connectivity index (χ0v) is 31.9. The first-order chi connectivity index (χ1) is 26.1. The van der Waals surface area contributed by atoms with Crippen molar-refractivity contribution in [2.45, 2.75) is 19.3 Å². The molecule has 0 N–H and O–H groups in total. The standard InChI is InChI=1S/C51H37GeN/c1-51(2)44-23-11-6-19-38(44)39-30-28-35(32-45(39)51)53(50-27-15-10-18-37(50)34-16-4-3-5-17-34)36-29-31-43-42-22-9-14-26-48(42)52(49(43)33-36)46-24-12-7-20-40(46)41-21-8-13-25-47(41)52/h3-33H,1-2H3. The SMILES string of the molecule is CC1(C)c2ccccc2-c2ccc(N(c3ccc4[c](c3)[Ge]3([c]5ccccc5-c5cccc[c]53)[c]3ccccc3-4)c3ccccc3-c3ccccc3)cc21. The van der Waals surface area contributed by atoms with Crippen molar-refractivity contribution in [1.82, 2.24) is 0 Å². The van der Waals surface area contributed by atoms with Crippen molar-refractivity contribution in [2.75, 3.05) is 4.90 Å². The molecule has 0 unspecified atom stereocenters. The molecule has 0 saturated heterocycles. The van der Waals surface area contributed by atoms with E-state index < -0.39 is 13.3 Å². The first kappa shape index (κ1) is 30.7. The van der Waals surface area contributed by atoms with Gasteiger partial charge in [-0.15, -0.1) is 0 Å². The molecule has 53 heavy (non-hydrogen) atoms. The van der Waals surface area contributed by atoms with Crippen LogP contribution in [0.1, 0.15) is 25.0 Å². The van der Waals surface area contributed by atoms with E-state index in [1.807, 2.05) is 0 Å². The Hall–Kier alpha value is -5.90. The molecule has 2 heteroatoms. The summed E-state index contributed by atoms with van der Waals surface area (Å²) in [6.07, 6.45) is 0. The van der Waals surface area contributed by atoms with Gasteiger partial charge in [-0.3, -0.25) is 0 Å². The van der Waals surface area contributed by atoms with Gasteiger partial charge in [0.05, 0.1) is 0 Å². The van der Waals surface area contributed by atoms with Crippen molar-refractivity contribution in [2.24, 2.45) is 0 Å². The Morgan fingerprint density at radius 1 is 0.358 bits per heavy atom. The Labute approximate surface area is 314 Å². The van der Waals surface area contributed by atoms with Crippen LogP contribution in [-0.2, 0) is 5.41 Å². The summed E-state index contributed by atoms with van der Waals surface area (Å²) in [5.41, 5.74) is 16.9. The maximum absolute atomic E-state index is 3.39. The molecule has 0 atom stereocenters. The Morgan fingerprint density at radius 2 is 0.811 bits per heavy atom. The van der Waals surface area contributed by atoms with Crippen LogP contribution in [0.25, 0.3) is 44.5 Å². The van der Waals surface area contributed by atoms with Crippen molar-refractivity contribution in [3.8, 4) is 44.5 Å². The van der Waals surface area contributed by atoms with Gasteiger partial charge in [-0.05, 0) is 0 Å². The summed E-state index contributed by atoms with van der Waals surface area (Å²) in [5, 5.41) is 0. The van der Waals surface area contributed by atoms with Crippen molar-refractivity contribution in [3.63, 3.8) is 0 Å². The molecule has 0 fully saturated rings. The Balaban J connectivity index is 1.20. The molecule has 3 aliphatic rings. The molecule has 250 valence electrons. The van der Waals surface area contributed by atoms with E-state index >= 15 is 0 Å². The van der Waals surface area contributed by atoms with E-state index in [9.17, 15) is 0 Å². The number of anilines is 3. The molecular weight excluding hydrogens is 699 g/mol. The third-order valence-corrected chi connectivity index (χ3v) is 22.7. The zero-order chi connectivity index (χ0) is 35.3. The molecule has 11 rings (SSSR count). The van der Waals surface area contributed by atoms with E-state index in [0.717, 1.165) is 0 Å². The van der Waals surface area contributed by atoms with Gasteiger partial charge in [-0.2, -0.15) is 0 Å². The number of hydrogen-bond acceptors (Lipinski definition) is 1. The second-order valence-corrected chi connectivity index (χ2v) is 22.9. The van der Waals surface area contributed by atoms with Gasteiger partial charge < -0.3 is 0 Å². The Kier molecular flexibility index (Phi) is 6.55. The fraction of sp³-hybridized carbons (Fsp3) is 0.0588. The van der Waals surface area contributed by atoms with Crippen LogP contribution in [0.5, 0.6) is 0 Å². The molecule has 8 aromatic rings. The topological polar surface area (TPSA) is 3.24 Å². The molecular formula is C51H37GeN. The summed E-state index contributed by atoms with van der Waals surface area (Å²) in [5.74, 6) is 0. The van der Waals surface area contributed by atoms with Crippen LogP contribution in [-0.4, -0.2) is 13.3 Å². The van der Waals surface area contributed by atoms with Gasteiger partial charge in [0.15, 0.2) is 0 Å². The van der Waals surface area contributed by atoms with Crippen molar-refractivity contribution < 1.29 is 0 Å². The van der Waals surface area contributed by atoms with Crippen LogP contribution in [0, 0.1) is 0 Å². The van der Waals surface area contributed by atoms with Gasteiger partial charge in [-0.1, -0.05) is 0 Å². The molecule has 0 bridgehead atoms. The van der Waals surface area contributed by atoms with Gasteiger partial charge >= 0.3 is 316 Å². The Morgan fingerprint density at radius 3 is 1.45 bits per heavy atom. The van der Waals surface area contributed by atoms with E-state index in [0.29, 0.717) is 0 Å². The van der Waals surface area contributed by atoms with Gasteiger partial charge in [0.1, 0.15) is 0 Å². The first-order valence-corrected chi connectivity index (χ1v) is 22.9. The molecule has 0 aromatic heterocycles. The monoisotopic (exact) mass is 737 g/mol. The van der Waals surface area contributed by atoms with Crippen LogP contribution >= 0.6 is 0 Å². The van der Waals surface area contributed by atoms with Crippen molar-refractivity contribution >= 4 is 47.9 Å². The van der Waals surface area contributed by atoms with E-state index in [-0.39, 0.29) is 5.41 Å². The number of hydrogen-bond donors (Lipinski definition) is 0. The quantitative estimate of drug-likeness (QED) is 0.163. The van der Waals surface area contributed by atoms with Crippen molar-refractivity contribution in [3.05, 3.63) is 199 Å². The molecule has 0 radical (unpaired) electrons. The second-order valence-electron chi connectivity index (χ2n) is 15.2. The van der Waals surface area contributed by atoms with E-state index in [2.05, 4.69) is 207 Å². The summed E-state index contributed by atoms with van der Waals surface area (Å²) < 4.78 is 6.16. The predicted molar refractivity (Wildman–Crippen MR) is 226 cm³/mol. The third kappa shape index (κ3) is 4.14. The summed E-state index contributed by atoms with van der Waals surface area (Å²) in [6.45, 7) is 4.76.